The SMILES string of the molecule is COC(=O)NCCc1cc(Cl)ccc1OC. The predicted molar refractivity (Wildman–Crippen MR) is 62.1 cm³/mol. The molecule has 0 heterocycles. The van der Waals surface area contributed by atoms with E-state index >= 15 is 0 Å². The summed E-state index contributed by atoms with van der Waals surface area (Å²) in [5, 5.41) is 3.24. The summed E-state index contributed by atoms with van der Waals surface area (Å²) in [6, 6.07) is 5.38. The van der Waals surface area contributed by atoms with E-state index in [9.17, 15) is 4.79 Å². The summed E-state index contributed by atoms with van der Waals surface area (Å²) in [6.45, 7) is 0.476. The van der Waals surface area contributed by atoms with Gasteiger partial charge in [0.05, 0.1) is 14.2 Å². The lowest BCUT2D eigenvalue weighted by molar-refractivity contribution is 0.171. The smallest absolute Gasteiger partial charge is 0.406 e. The van der Waals surface area contributed by atoms with Crippen molar-refractivity contribution in [3.8, 4) is 5.75 Å². The second-order valence-corrected chi connectivity index (χ2v) is 3.56. The first-order valence-corrected chi connectivity index (χ1v) is 5.19. The third-order valence-electron chi connectivity index (χ3n) is 2.09. The number of rotatable bonds is 4. The number of ether oxygens (including phenoxy) is 2. The maximum atomic E-state index is 10.8. The Bertz CT molecular complexity index is 368. The molecule has 0 unspecified atom stereocenters. The zero-order valence-corrected chi connectivity index (χ0v) is 10.0. The molecule has 0 aromatic heterocycles. The number of amides is 1. The molecule has 1 N–H and O–H groups in total. The van der Waals surface area contributed by atoms with E-state index in [4.69, 9.17) is 16.3 Å². The van der Waals surface area contributed by atoms with E-state index in [-0.39, 0.29) is 0 Å². The summed E-state index contributed by atoms with van der Waals surface area (Å²) >= 11 is 5.87. The first kappa shape index (κ1) is 12.6. The Morgan fingerprint density at radius 2 is 2.19 bits per heavy atom. The van der Waals surface area contributed by atoms with Crippen molar-refractivity contribution in [2.75, 3.05) is 20.8 Å². The Labute approximate surface area is 99.5 Å². The highest BCUT2D eigenvalue weighted by molar-refractivity contribution is 6.30. The molecule has 88 valence electrons. The van der Waals surface area contributed by atoms with Crippen molar-refractivity contribution >= 4 is 17.7 Å². The van der Waals surface area contributed by atoms with Crippen molar-refractivity contribution in [3.63, 3.8) is 0 Å². The normalized spacial score (nSPS) is 9.69. The van der Waals surface area contributed by atoms with Gasteiger partial charge in [0.15, 0.2) is 0 Å². The number of carbonyl (C=O) groups is 1. The summed E-state index contributed by atoms with van der Waals surface area (Å²) in [5.41, 5.74) is 0.950. The van der Waals surface area contributed by atoms with E-state index in [0.717, 1.165) is 11.3 Å². The number of nitrogens with one attached hydrogen (secondary N) is 1. The van der Waals surface area contributed by atoms with E-state index < -0.39 is 6.09 Å². The average Bonchev–Trinajstić information content (AvgIpc) is 2.29. The molecule has 0 fully saturated rings. The first-order chi connectivity index (χ1) is 7.67. The van der Waals surface area contributed by atoms with E-state index in [1.807, 2.05) is 6.07 Å². The molecule has 0 radical (unpaired) electrons. The third kappa shape index (κ3) is 3.62. The monoisotopic (exact) mass is 243 g/mol. The van der Waals surface area contributed by atoms with Gasteiger partial charge < -0.3 is 14.8 Å². The molecule has 0 bridgehead atoms. The van der Waals surface area contributed by atoms with Crippen LogP contribution < -0.4 is 10.1 Å². The molecule has 0 aliphatic heterocycles. The molecular weight excluding hydrogens is 230 g/mol. The van der Waals surface area contributed by atoms with Gasteiger partial charge in [-0.15, -0.1) is 0 Å². The molecule has 16 heavy (non-hydrogen) atoms. The van der Waals surface area contributed by atoms with Gasteiger partial charge in [-0.25, -0.2) is 4.79 Å². The van der Waals surface area contributed by atoms with Crippen molar-refractivity contribution in [2.45, 2.75) is 6.42 Å². The fraction of sp³-hybridized carbons (Fsp3) is 0.364. The second-order valence-electron chi connectivity index (χ2n) is 3.12. The van der Waals surface area contributed by atoms with E-state index in [2.05, 4.69) is 10.1 Å². The minimum Gasteiger partial charge on any atom is -0.496 e. The zero-order valence-electron chi connectivity index (χ0n) is 9.25. The van der Waals surface area contributed by atoms with Crippen LogP contribution in [0.5, 0.6) is 5.75 Å². The van der Waals surface area contributed by atoms with Crippen LogP contribution in [0.25, 0.3) is 0 Å². The van der Waals surface area contributed by atoms with Crippen molar-refractivity contribution in [1.82, 2.24) is 5.32 Å². The molecule has 1 rings (SSSR count). The summed E-state index contributed by atoms with van der Waals surface area (Å²) < 4.78 is 9.64. The van der Waals surface area contributed by atoms with Gasteiger partial charge in [-0.2, -0.15) is 0 Å². The van der Waals surface area contributed by atoms with E-state index in [0.29, 0.717) is 18.0 Å². The standard InChI is InChI=1S/C11H14ClNO3/c1-15-10-4-3-9(12)7-8(10)5-6-13-11(14)16-2/h3-4,7H,5-6H2,1-2H3,(H,13,14). The molecule has 5 heteroatoms. The molecule has 0 saturated carbocycles. The van der Waals surface area contributed by atoms with Gasteiger partial charge >= 0.3 is 6.09 Å². The molecular formula is C11H14ClNO3. The van der Waals surface area contributed by atoms with Gasteiger partial charge in [0, 0.05) is 11.6 Å². The largest absolute Gasteiger partial charge is 0.496 e. The topological polar surface area (TPSA) is 47.6 Å². The minimum absolute atomic E-state index is 0.444. The van der Waals surface area contributed by atoms with Crippen LogP contribution in [-0.2, 0) is 11.2 Å². The highest BCUT2D eigenvalue weighted by atomic mass is 35.5. The highest BCUT2D eigenvalue weighted by Crippen LogP contribution is 2.22. The van der Waals surface area contributed by atoms with Crippen molar-refractivity contribution < 1.29 is 14.3 Å². The van der Waals surface area contributed by atoms with Crippen LogP contribution in [0.15, 0.2) is 18.2 Å². The number of benzene rings is 1. The van der Waals surface area contributed by atoms with Gasteiger partial charge in [-0.3, -0.25) is 0 Å². The number of carbonyl (C=O) groups excluding carboxylic acids is 1. The van der Waals surface area contributed by atoms with E-state index in [1.54, 1.807) is 19.2 Å². The van der Waals surface area contributed by atoms with Crippen molar-refractivity contribution in [2.24, 2.45) is 0 Å². The number of hydrogen-bond acceptors (Lipinski definition) is 3. The minimum atomic E-state index is -0.444. The molecule has 0 saturated heterocycles. The number of hydrogen-bond donors (Lipinski definition) is 1. The summed E-state index contributed by atoms with van der Waals surface area (Å²) in [5.74, 6) is 0.760. The van der Waals surface area contributed by atoms with Crippen LogP contribution in [-0.4, -0.2) is 26.9 Å². The summed E-state index contributed by atoms with van der Waals surface area (Å²) in [4.78, 5) is 10.8. The Hall–Kier alpha value is -1.42. The predicted octanol–water partition coefficient (Wildman–Crippen LogP) is 2.25. The molecule has 0 atom stereocenters. The van der Waals surface area contributed by atoms with Gasteiger partial charge in [-0.1, -0.05) is 11.6 Å². The van der Waals surface area contributed by atoms with Crippen LogP contribution in [0, 0.1) is 0 Å². The van der Waals surface area contributed by atoms with Crippen LogP contribution in [0.2, 0.25) is 5.02 Å². The Balaban J connectivity index is 2.58. The van der Waals surface area contributed by atoms with Crippen LogP contribution in [0.3, 0.4) is 0 Å². The zero-order chi connectivity index (χ0) is 12.0. The molecule has 1 amide bonds. The van der Waals surface area contributed by atoms with E-state index in [1.165, 1.54) is 7.11 Å². The van der Waals surface area contributed by atoms with Crippen LogP contribution in [0.4, 0.5) is 4.79 Å². The second kappa shape index (κ2) is 6.23. The quantitative estimate of drug-likeness (QED) is 0.882. The number of alkyl carbamates (subject to hydrolysis) is 1. The maximum absolute atomic E-state index is 10.8. The average molecular weight is 244 g/mol. The van der Waals surface area contributed by atoms with Crippen molar-refractivity contribution in [3.05, 3.63) is 28.8 Å². The van der Waals surface area contributed by atoms with Crippen molar-refractivity contribution in [1.29, 1.82) is 0 Å². The summed E-state index contributed by atoms with van der Waals surface area (Å²) in [6.07, 6.45) is 0.194. The molecule has 4 nitrogen and oxygen atoms in total. The lowest BCUT2D eigenvalue weighted by atomic mass is 10.1. The van der Waals surface area contributed by atoms with Gasteiger partial charge in [0.2, 0.25) is 0 Å². The summed E-state index contributed by atoms with van der Waals surface area (Å²) in [7, 11) is 2.93. The van der Waals surface area contributed by atoms with Crippen LogP contribution in [0.1, 0.15) is 5.56 Å². The Kier molecular flexibility index (Phi) is 4.92. The number of methoxy groups -OCH3 is 2. The van der Waals surface area contributed by atoms with Gasteiger partial charge in [-0.05, 0) is 30.2 Å². The maximum Gasteiger partial charge on any atom is 0.406 e. The molecule has 0 aliphatic rings. The van der Waals surface area contributed by atoms with Gasteiger partial charge in [0.25, 0.3) is 0 Å². The molecule has 1 aromatic rings. The highest BCUT2D eigenvalue weighted by Gasteiger charge is 2.04. The molecule has 1 aromatic carbocycles. The Morgan fingerprint density at radius 1 is 1.44 bits per heavy atom. The fourth-order valence-electron chi connectivity index (χ4n) is 1.31. The van der Waals surface area contributed by atoms with Crippen LogP contribution >= 0.6 is 11.6 Å². The Morgan fingerprint density at radius 3 is 2.81 bits per heavy atom. The molecule has 0 aliphatic carbocycles. The number of halogens is 1. The lowest BCUT2D eigenvalue weighted by Crippen LogP contribution is -2.25. The first-order valence-electron chi connectivity index (χ1n) is 4.81. The molecule has 0 spiro atoms. The third-order valence-corrected chi connectivity index (χ3v) is 2.33. The lowest BCUT2D eigenvalue weighted by Gasteiger charge is -2.09. The fourth-order valence-corrected chi connectivity index (χ4v) is 1.51. The van der Waals surface area contributed by atoms with Gasteiger partial charge in [0.1, 0.15) is 5.75 Å².